The first kappa shape index (κ1) is 20.9. The van der Waals surface area contributed by atoms with E-state index in [1.165, 1.54) is 6.07 Å². The Balaban J connectivity index is 1.73. The molecule has 2 heterocycles. The largest absolute Gasteiger partial charge is 0.466 e. The van der Waals surface area contributed by atoms with Crippen molar-refractivity contribution < 1.29 is 19.1 Å². The minimum absolute atomic E-state index is 0.110. The Kier molecular flexibility index (Phi) is 6.90. The molecule has 1 aromatic heterocycles. The highest BCUT2D eigenvalue weighted by molar-refractivity contribution is 6.33. The zero-order valence-corrected chi connectivity index (χ0v) is 16.9. The fourth-order valence-electron chi connectivity index (χ4n) is 2.99. The molecule has 8 nitrogen and oxygen atoms in total. The van der Waals surface area contributed by atoms with E-state index in [1.54, 1.807) is 6.92 Å². The number of nitrogens with one attached hydrogen (secondary N) is 1. The fourth-order valence-corrected chi connectivity index (χ4v) is 3.26. The summed E-state index contributed by atoms with van der Waals surface area (Å²) in [7, 11) is 0. The summed E-state index contributed by atoms with van der Waals surface area (Å²) in [6, 6.07) is 9.39. The first-order valence-electron chi connectivity index (χ1n) is 9.32. The summed E-state index contributed by atoms with van der Waals surface area (Å²) >= 11 is 6.38. The number of rotatable bonds is 6. The highest BCUT2D eigenvalue weighted by atomic mass is 35.5. The van der Waals surface area contributed by atoms with Gasteiger partial charge in [-0.05, 0) is 25.1 Å². The number of carbonyl (C=O) groups is 2. The molecule has 0 spiro atoms. The first-order valence-corrected chi connectivity index (χ1v) is 9.70. The van der Waals surface area contributed by atoms with Gasteiger partial charge in [0.05, 0.1) is 36.2 Å². The normalized spacial score (nSPS) is 13.8. The van der Waals surface area contributed by atoms with Crippen LogP contribution in [0.25, 0.3) is 11.3 Å². The second-order valence-electron chi connectivity index (χ2n) is 6.43. The van der Waals surface area contributed by atoms with Crippen LogP contribution in [0.1, 0.15) is 13.3 Å². The molecule has 0 radical (unpaired) electrons. The zero-order valence-electron chi connectivity index (χ0n) is 16.1. The number of amides is 1. The molecule has 3 rings (SSSR count). The molecule has 2 aromatic rings. The molecular formula is C20H23ClN4O4. The molecule has 3 N–H and O–H groups in total. The highest BCUT2D eigenvalue weighted by Crippen LogP contribution is 2.32. The third-order valence-electron chi connectivity index (χ3n) is 4.41. The lowest BCUT2D eigenvalue weighted by Gasteiger charge is -2.28. The number of nitrogen functional groups attached to an aromatic ring is 1. The lowest BCUT2D eigenvalue weighted by atomic mass is 10.1. The van der Waals surface area contributed by atoms with Gasteiger partial charge in [0.15, 0.2) is 0 Å². The van der Waals surface area contributed by atoms with Crippen LogP contribution in [0.15, 0.2) is 30.3 Å². The van der Waals surface area contributed by atoms with Gasteiger partial charge in [0.1, 0.15) is 12.2 Å². The van der Waals surface area contributed by atoms with E-state index >= 15 is 0 Å². The van der Waals surface area contributed by atoms with E-state index in [9.17, 15) is 9.59 Å². The summed E-state index contributed by atoms with van der Waals surface area (Å²) in [4.78, 5) is 29.9. The topological polar surface area (TPSA) is 107 Å². The highest BCUT2D eigenvalue weighted by Gasteiger charge is 2.16. The number of nitrogens with zero attached hydrogens (tertiary/aromatic N) is 2. The molecule has 1 amide bonds. The van der Waals surface area contributed by atoms with Crippen LogP contribution in [0.5, 0.6) is 0 Å². The van der Waals surface area contributed by atoms with Crippen LogP contribution in [0.2, 0.25) is 5.02 Å². The van der Waals surface area contributed by atoms with Crippen LogP contribution in [0.3, 0.4) is 0 Å². The Hall–Kier alpha value is -2.84. The third-order valence-corrected chi connectivity index (χ3v) is 4.69. The molecule has 29 heavy (non-hydrogen) atoms. The third kappa shape index (κ3) is 5.36. The van der Waals surface area contributed by atoms with E-state index in [2.05, 4.69) is 15.2 Å². The van der Waals surface area contributed by atoms with Crippen LogP contribution in [-0.2, 0) is 19.1 Å². The number of ether oxygens (including phenoxy) is 2. The van der Waals surface area contributed by atoms with Gasteiger partial charge in [-0.25, -0.2) is 4.98 Å². The van der Waals surface area contributed by atoms with Crippen molar-refractivity contribution in [3.63, 3.8) is 0 Å². The number of pyridine rings is 1. The molecule has 1 fully saturated rings. The van der Waals surface area contributed by atoms with Crippen LogP contribution in [-0.4, -0.2) is 49.8 Å². The second-order valence-corrected chi connectivity index (χ2v) is 6.84. The summed E-state index contributed by atoms with van der Waals surface area (Å²) in [6.45, 7) is 5.02. The number of aromatic nitrogens is 1. The van der Waals surface area contributed by atoms with Crippen molar-refractivity contribution in [1.29, 1.82) is 0 Å². The number of morpholine rings is 1. The van der Waals surface area contributed by atoms with Crippen molar-refractivity contribution in [2.45, 2.75) is 13.3 Å². The number of hydrogen-bond acceptors (Lipinski definition) is 7. The Morgan fingerprint density at radius 1 is 1.28 bits per heavy atom. The van der Waals surface area contributed by atoms with Crippen molar-refractivity contribution >= 4 is 40.7 Å². The molecule has 154 valence electrons. The van der Waals surface area contributed by atoms with Crippen molar-refractivity contribution in [3.8, 4) is 11.3 Å². The van der Waals surface area contributed by atoms with Gasteiger partial charge in [-0.3, -0.25) is 9.59 Å². The number of anilines is 3. The number of hydrogen-bond donors (Lipinski definition) is 2. The number of benzene rings is 1. The predicted molar refractivity (Wildman–Crippen MR) is 112 cm³/mol. The summed E-state index contributed by atoms with van der Waals surface area (Å²) < 4.78 is 10.1. The minimum Gasteiger partial charge on any atom is -0.466 e. The van der Waals surface area contributed by atoms with Crippen molar-refractivity contribution in [2.75, 3.05) is 48.9 Å². The Labute approximate surface area is 173 Å². The Bertz CT molecular complexity index is 883. The minimum atomic E-state index is -0.611. The summed E-state index contributed by atoms with van der Waals surface area (Å²) in [6.07, 6.45) is -0.407. The lowest BCUT2D eigenvalue weighted by molar-refractivity contribution is -0.145. The average molecular weight is 419 g/mol. The molecule has 1 aliphatic rings. The van der Waals surface area contributed by atoms with E-state index in [4.69, 9.17) is 26.8 Å². The maximum atomic E-state index is 12.0. The smallest absolute Gasteiger partial charge is 0.315 e. The molecule has 0 saturated carbocycles. The van der Waals surface area contributed by atoms with Crippen LogP contribution in [0, 0.1) is 0 Å². The van der Waals surface area contributed by atoms with E-state index in [0.717, 1.165) is 37.6 Å². The maximum absolute atomic E-state index is 12.0. The van der Waals surface area contributed by atoms with E-state index in [0.29, 0.717) is 10.7 Å². The van der Waals surface area contributed by atoms with Crippen molar-refractivity contribution in [1.82, 2.24) is 4.98 Å². The molecule has 1 saturated heterocycles. The van der Waals surface area contributed by atoms with Gasteiger partial charge >= 0.3 is 5.97 Å². The quantitative estimate of drug-likeness (QED) is 0.548. The van der Waals surface area contributed by atoms with Crippen LogP contribution < -0.4 is 16.0 Å². The number of nitrogens with two attached hydrogens (primary N) is 1. The predicted octanol–water partition coefficient (Wildman–Crippen LogP) is 2.71. The Morgan fingerprint density at radius 2 is 1.97 bits per heavy atom. The van der Waals surface area contributed by atoms with Crippen molar-refractivity contribution in [2.24, 2.45) is 0 Å². The lowest BCUT2D eigenvalue weighted by Crippen LogP contribution is -2.36. The molecule has 0 bridgehead atoms. The molecule has 1 aromatic carbocycles. The number of esters is 1. The molecule has 0 atom stereocenters. The SMILES string of the molecule is CCOC(=O)CC(=O)Nc1cc(Cl)c(-c2ccc(N3CCOCC3)cc2)nc1N. The average Bonchev–Trinajstić information content (AvgIpc) is 2.71. The fraction of sp³-hybridized carbons (Fsp3) is 0.350. The standard InChI is InChI=1S/C20H23ClN4O4/c1-2-29-18(27)12-17(26)23-16-11-15(21)19(24-20(16)22)13-3-5-14(6-4-13)25-7-9-28-10-8-25/h3-6,11H,2,7-10,12H2,1H3,(H2,22,24)(H,23,26). The van der Waals surface area contributed by atoms with Gasteiger partial charge < -0.3 is 25.4 Å². The molecule has 1 aliphatic heterocycles. The van der Waals surface area contributed by atoms with E-state index < -0.39 is 18.3 Å². The summed E-state index contributed by atoms with van der Waals surface area (Å²) in [5.41, 5.74) is 8.66. The van der Waals surface area contributed by atoms with E-state index in [1.807, 2.05) is 24.3 Å². The van der Waals surface area contributed by atoms with Crippen LogP contribution >= 0.6 is 11.6 Å². The molecule has 0 unspecified atom stereocenters. The monoisotopic (exact) mass is 418 g/mol. The number of halogens is 1. The van der Waals surface area contributed by atoms with Crippen LogP contribution in [0.4, 0.5) is 17.2 Å². The number of carbonyl (C=O) groups excluding carboxylic acids is 2. The zero-order chi connectivity index (χ0) is 20.8. The molecule has 9 heteroatoms. The van der Waals surface area contributed by atoms with Gasteiger partial charge in [0, 0.05) is 24.3 Å². The van der Waals surface area contributed by atoms with Gasteiger partial charge in [-0.2, -0.15) is 0 Å². The Morgan fingerprint density at radius 3 is 2.62 bits per heavy atom. The van der Waals surface area contributed by atoms with Gasteiger partial charge in [-0.1, -0.05) is 23.7 Å². The molecular weight excluding hydrogens is 396 g/mol. The van der Waals surface area contributed by atoms with Gasteiger partial charge in [-0.15, -0.1) is 0 Å². The van der Waals surface area contributed by atoms with E-state index in [-0.39, 0.29) is 18.1 Å². The molecule has 0 aliphatic carbocycles. The first-order chi connectivity index (χ1) is 14.0. The maximum Gasteiger partial charge on any atom is 0.315 e. The second kappa shape index (κ2) is 9.58. The summed E-state index contributed by atoms with van der Waals surface area (Å²) in [5.74, 6) is -1.05. The summed E-state index contributed by atoms with van der Waals surface area (Å²) in [5, 5.41) is 2.88. The van der Waals surface area contributed by atoms with Crippen molar-refractivity contribution in [3.05, 3.63) is 35.4 Å². The van der Waals surface area contributed by atoms with Gasteiger partial charge in [0.25, 0.3) is 0 Å². The van der Waals surface area contributed by atoms with Gasteiger partial charge in [0.2, 0.25) is 5.91 Å².